The molecule has 8 rings (SSSR count). The fraction of sp³-hybridized carbons (Fsp3) is 0.130. The molecule has 0 aliphatic heterocycles. The third-order valence-electron chi connectivity index (χ3n) is 9.59. The predicted molar refractivity (Wildman–Crippen MR) is 211 cm³/mol. The van der Waals surface area contributed by atoms with Crippen LogP contribution >= 0.6 is 0 Å². The summed E-state index contributed by atoms with van der Waals surface area (Å²) in [4.78, 5) is 12.4. The molecule has 3 aromatic heterocycles. The minimum Gasteiger partial charge on any atom is -0.506 e. The Morgan fingerprint density at radius 1 is 0.673 bits per heavy atom. The number of phenols is 1. The van der Waals surface area contributed by atoms with E-state index in [-0.39, 0.29) is 26.8 Å². The van der Waals surface area contributed by atoms with Crippen molar-refractivity contribution in [1.82, 2.24) is 14.5 Å². The van der Waals surface area contributed by atoms with Gasteiger partial charge in [-0.3, -0.25) is 9.55 Å². The van der Waals surface area contributed by atoms with Crippen LogP contribution in [0.3, 0.4) is 0 Å². The molecule has 3 heterocycles. The van der Waals surface area contributed by atoms with E-state index in [2.05, 4.69) is 118 Å². The zero-order valence-corrected chi connectivity index (χ0v) is 31.8. The van der Waals surface area contributed by atoms with Crippen LogP contribution in [0.25, 0.3) is 50.0 Å². The molecule has 0 fully saturated rings. The Hall–Kier alpha value is -5.51. The summed E-state index contributed by atoms with van der Waals surface area (Å²) in [5.41, 5.74) is 11.0. The molecule has 0 amide bonds. The molecule has 1 N–H and O–H groups in total. The van der Waals surface area contributed by atoms with E-state index < -0.39 is 0 Å². The van der Waals surface area contributed by atoms with Crippen LogP contribution in [-0.4, -0.2) is 19.6 Å². The minimum absolute atomic E-state index is 0. The maximum Gasteiger partial charge on any atom is 0.139 e. The smallest absolute Gasteiger partial charge is 0.139 e. The summed E-state index contributed by atoms with van der Waals surface area (Å²) in [5, 5.41) is 13.0. The van der Waals surface area contributed by atoms with Crippen LogP contribution in [0.4, 0.5) is 17.2 Å². The first-order chi connectivity index (χ1) is 24.9. The number of hydrogen-bond donors (Lipinski definition) is 1. The van der Waals surface area contributed by atoms with Crippen molar-refractivity contribution in [2.75, 3.05) is 4.90 Å². The summed E-state index contributed by atoms with van der Waals surface area (Å²) in [6.07, 6.45) is 1.92. The van der Waals surface area contributed by atoms with E-state index in [1.807, 2.05) is 65.4 Å². The normalized spacial score (nSPS) is 11.3. The van der Waals surface area contributed by atoms with E-state index in [4.69, 9.17) is 9.97 Å². The summed E-state index contributed by atoms with van der Waals surface area (Å²) in [7, 11) is 0. The van der Waals surface area contributed by atoms with E-state index in [0.717, 1.165) is 55.9 Å². The first kappa shape index (κ1) is 34.9. The van der Waals surface area contributed by atoms with Crippen LogP contribution in [0, 0.1) is 6.07 Å². The molecule has 5 nitrogen and oxygen atoms in total. The van der Waals surface area contributed by atoms with E-state index in [0.29, 0.717) is 17.5 Å². The van der Waals surface area contributed by atoms with Crippen molar-refractivity contribution in [1.29, 1.82) is 0 Å². The van der Waals surface area contributed by atoms with Gasteiger partial charge in [0.05, 0.1) is 11.2 Å². The molecule has 260 valence electrons. The van der Waals surface area contributed by atoms with Gasteiger partial charge in [-0.05, 0) is 87.9 Å². The standard InChI is InChI=1S/C46H39N4O.Pt/c1-30(2)36-19-13-20-37(31(3)4)45(36)33-26-27-47-44(29-33)49(34-15-6-5-7-16-34)35-17-12-14-32(28-35)40-25-24-39-38-18-8-9-21-41(38)50(46(39)48-40)42-22-10-11-23-43(42)51;/h5-27,29-31,51H,1-4H3;/q-1;. The number of aromatic hydroxyl groups is 1. The van der Waals surface area contributed by atoms with Crippen LogP contribution in [0.5, 0.6) is 5.75 Å². The van der Waals surface area contributed by atoms with Crippen molar-refractivity contribution < 1.29 is 26.2 Å². The third kappa shape index (κ3) is 6.31. The fourth-order valence-corrected chi connectivity index (χ4v) is 7.18. The minimum atomic E-state index is 0. The molecule has 5 aromatic carbocycles. The van der Waals surface area contributed by atoms with E-state index >= 15 is 0 Å². The van der Waals surface area contributed by atoms with E-state index in [9.17, 15) is 5.11 Å². The second kappa shape index (κ2) is 14.6. The van der Waals surface area contributed by atoms with Gasteiger partial charge in [-0.1, -0.05) is 107 Å². The summed E-state index contributed by atoms with van der Waals surface area (Å²) < 4.78 is 2.04. The molecule has 0 atom stereocenters. The fourth-order valence-electron chi connectivity index (χ4n) is 7.18. The van der Waals surface area contributed by atoms with Crippen molar-refractivity contribution in [2.24, 2.45) is 0 Å². The maximum absolute atomic E-state index is 10.9. The summed E-state index contributed by atoms with van der Waals surface area (Å²) in [6.45, 7) is 9.04. The molecule has 0 bridgehead atoms. The molecular weight excluding hydrogens is 820 g/mol. The average Bonchev–Trinajstić information content (AvgIpc) is 3.49. The molecule has 0 aliphatic carbocycles. The summed E-state index contributed by atoms with van der Waals surface area (Å²) >= 11 is 0. The van der Waals surface area contributed by atoms with E-state index in [1.54, 1.807) is 6.07 Å². The Bertz CT molecular complexity index is 2500. The van der Waals surface area contributed by atoms with Crippen molar-refractivity contribution in [3.63, 3.8) is 0 Å². The topological polar surface area (TPSA) is 54.2 Å². The summed E-state index contributed by atoms with van der Waals surface area (Å²) in [6, 6.07) is 51.0. The number of fused-ring (bicyclic) bond motifs is 3. The van der Waals surface area contributed by atoms with Crippen LogP contribution in [0.1, 0.15) is 50.7 Å². The molecule has 0 saturated heterocycles. The molecule has 0 saturated carbocycles. The number of para-hydroxylation sites is 4. The molecule has 52 heavy (non-hydrogen) atoms. The molecule has 0 aliphatic rings. The van der Waals surface area contributed by atoms with E-state index in [1.165, 1.54) is 16.7 Å². The Labute approximate surface area is 319 Å². The van der Waals surface area contributed by atoms with Gasteiger partial charge in [0, 0.05) is 43.7 Å². The second-order valence-corrected chi connectivity index (χ2v) is 13.6. The van der Waals surface area contributed by atoms with Gasteiger partial charge in [-0.25, -0.2) is 4.98 Å². The SMILES string of the molecule is CC(C)c1cccc(C(C)C)c1-c1ccnc(N(c2[c-]c(-c3ccc4c5ccccc5n(-c5ccccc5O)c4n3)ccc2)c2ccccc2)c1.[Pt]. The Kier molecular flexibility index (Phi) is 9.81. The number of phenolic OH excluding ortho intramolecular Hbond substituents is 1. The van der Waals surface area contributed by atoms with Gasteiger partial charge in [-0.2, -0.15) is 0 Å². The van der Waals surface area contributed by atoms with Gasteiger partial charge in [0.25, 0.3) is 0 Å². The number of anilines is 3. The average molecular weight is 859 g/mol. The summed E-state index contributed by atoms with van der Waals surface area (Å²) in [5.74, 6) is 1.76. The molecule has 0 spiro atoms. The zero-order valence-electron chi connectivity index (χ0n) is 29.6. The zero-order chi connectivity index (χ0) is 35.1. The number of hydrogen-bond acceptors (Lipinski definition) is 4. The molecule has 0 unspecified atom stereocenters. The van der Waals surface area contributed by atoms with Crippen molar-refractivity contribution in [3.8, 4) is 33.8 Å². The monoisotopic (exact) mass is 858 g/mol. The number of aromatic nitrogens is 3. The van der Waals surface area contributed by atoms with Crippen LogP contribution < -0.4 is 4.90 Å². The van der Waals surface area contributed by atoms with Crippen LogP contribution in [-0.2, 0) is 21.1 Å². The largest absolute Gasteiger partial charge is 0.506 e. The number of nitrogens with zero attached hydrogens (tertiary/aromatic N) is 4. The van der Waals surface area contributed by atoms with Crippen LogP contribution in [0.2, 0.25) is 0 Å². The van der Waals surface area contributed by atoms with Crippen molar-refractivity contribution in [2.45, 2.75) is 39.5 Å². The van der Waals surface area contributed by atoms with Gasteiger partial charge < -0.3 is 10.0 Å². The van der Waals surface area contributed by atoms with Gasteiger partial charge in [0.1, 0.15) is 17.2 Å². The first-order valence-corrected chi connectivity index (χ1v) is 17.5. The third-order valence-corrected chi connectivity index (χ3v) is 9.59. The molecule has 8 aromatic rings. The maximum atomic E-state index is 10.9. The number of rotatable bonds is 8. The Morgan fingerprint density at radius 2 is 1.37 bits per heavy atom. The first-order valence-electron chi connectivity index (χ1n) is 17.5. The van der Waals surface area contributed by atoms with Gasteiger partial charge in [0.15, 0.2) is 0 Å². The quantitative estimate of drug-likeness (QED) is 0.155. The number of benzene rings is 5. The predicted octanol–water partition coefficient (Wildman–Crippen LogP) is 12.1. The van der Waals surface area contributed by atoms with Gasteiger partial charge in [0.2, 0.25) is 0 Å². The van der Waals surface area contributed by atoms with Crippen molar-refractivity contribution in [3.05, 3.63) is 163 Å². The second-order valence-electron chi connectivity index (χ2n) is 13.6. The molecule has 0 radical (unpaired) electrons. The van der Waals surface area contributed by atoms with Gasteiger partial charge >= 0.3 is 0 Å². The molecular formula is C46H39N4OPt-. The Morgan fingerprint density at radius 3 is 2.12 bits per heavy atom. The Balaban J connectivity index is 0.00000420. The van der Waals surface area contributed by atoms with Gasteiger partial charge in [-0.15, -0.1) is 29.8 Å². The molecule has 6 heteroatoms. The van der Waals surface area contributed by atoms with Crippen LogP contribution in [0.15, 0.2) is 146 Å². The van der Waals surface area contributed by atoms with Crippen molar-refractivity contribution >= 4 is 39.1 Å². The number of pyridine rings is 2.